The van der Waals surface area contributed by atoms with Crippen LogP contribution in [-0.2, 0) is 6.54 Å². The van der Waals surface area contributed by atoms with Gasteiger partial charge >= 0.3 is 0 Å². The number of aryl methyl sites for hydroxylation is 2. The van der Waals surface area contributed by atoms with Gasteiger partial charge in [0.15, 0.2) is 0 Å². The summed E-state index contributed by atoms with van der Waals surface area (Å²) in [7, 11) is 0. The molecule has 0 aliphatic carbocycles. The van der Waals surface area contributed by atoms with Crippen LogP contribution in [0.5, 0.6) is 0 Å². The number of rotatable bonds is 5. The zero-order chi connectivity index (χ0) is 17.2. The minimum absolute atomic E-state index is 0.816. The molecule has 0 bridgehead atoms. The van der Waals surface area contributed by atoms with E-state index in [1.54, 1.807) is 22.7 Å². The number of hydrogen-bond acceptors (Lipinski definition) is 5. The first-order valence-corrected chi connectivity index (χ1v) is 9.84. The van der Waals surface area contributed by atoms with Crippen LogP contribution < -0.4 is 5.43 Å². The normalized spacial score (nSPS) is 11.6. The molecule has 0 aliphatic heterocycles. The Hall–Kier alpha value is -2.44. The lowest BCUT2D eigenvalue weighted by Crippen LogP contribution is -1.91. The SMILES string of the molecule is CCn1cc(/C=N\Nc2nc(-c3cccs3)c(C)s2)c2ccccc21. The molecule has 1 aromatic carbocycles. The van der Waals surface area contributed by atoms with E-state index in [0.717, 1.165) is 22.9 Å². The monoisotopic (exact) mass is 366 g/mol. The second-order valence-electron chi connectivity index (χ2n) is 5.66. The van der Waals surface area contributed by atoms with Crippen LogP contribution in [-0.4, -0.2) is 15.8 Å². The predicted octanol–water partition coefficient (Wildman–Crippen LogP) is 5.60. The van der Waals surface area contributed by atoms with Gasteiger partial charge in [0, 0.05) is 34.1 Å². The molecule has 0 amide bonds. The zero-order valence-electron chi connectivity index (χ0n) is 14.1. The van der Waals surface area contributed by atoms with Gasteiger partial charge in [-0.2, -0.15) is 5.10 Å². The van der Waals surface area contributed by atoms with Crippen LogP contribution >= 0.6 is 22.7 Å². The molecule has 0 saturated heterocycles. The third-order valence-electron chi connectivity index (χ3n) is 4.08. The van der Waals surface area contributed by atoms with Crippen LogP contribution in [0.4, 0.5) is 5.13 Å². The second-order valence-corrected chi connectivity index (χ2v) is 7.81. The number of hydrazone groups is 1. The molecular formula is C19H18N4S2. The average molecular weight is 367 g/mol. The van der Waals surface area contributed by atoms with E-state index < -0.39 is 0 Å². The predicted molar refractivity (Wildman–Crippen MR) is 109 cm³/mol. The number of thiophene rings is 1. The van der Waals surface area contributed by atoms with Crippen molar-refractivity contribution in [1.82, 2.24) is 9.55 Å². The van der Waals surface area contributed by atoms with Crippen LogP contribution in [0.1, 0.15) is 17.4 Å². The number of aromatic nitrogens is 2. The number of fused-ring (bicyclic) bond motifs is 1. The number of nitrogens with zero attached hydrogens (tertiary/aromatic N) is 3. The Kier molecular flexibility index (Phi) is 4.38. The van der Waals surface area contributed by atoms with E-state index in [4.69, 9.17) is 0 Å². The molecule has 0 unspecified atom stereocenters. The van der Waals surface area contributed by atoms with E-state index in [1.165, 1.54) is 20.7 Å². The summed E-state index contributed by atoms with van der Waals surface area (Å²) in [6.45, 7) is 5.18. The van der Waals surface area contributed by atoms with Gasteiger partial charge in [-0.3, -0.25) is 5.43 Å². The van der Waals surface area contributed by atoms with Gasteiger partial charge in [-0.25, -0.2) is 4.98 Å². The fourth-order valence-corrected chi connectivity index (χ4v) is 4.50. The van der Waals surface area contributed by atoms with Crippen molar-refractivity contribution in [1.29, 1.82) is 0 Å². The number of hydrogen-bond donors (Lipinski definition) is 1. The van der Waals surface area contributed by atoms with Crippen molar-refractivity contribution in [3.05, 3.63) is 58.4 Å². The first-order valence-electron chi connectivity index (χ1n) is 8.14. The van der Waals surface area contributed by atoms with Gasteiger partial charge in [-0.05, 0) is 31.4 Å². The van der Waals surface area contributed by atoms with Gasteiger partial charge in [-0.15, -0.1) is 22.7 Å². The molecule has 4 aromatic rings. The van der Waals surface area contributed by atoms with Gasteiger partial charge in [0.05, 0.1) is 16.8 Å². The molecule has 0 fully saturated rings. The van der Waals surface area contributed by atoms with Crippen molar-refractivity contribution in [2.24, 2.45) is 5.10 Å². The maximum Gasteiger partial charge on any atom is 0.204 e. The highest BCUT2D eigenvalue weighted by atomic mass is 32.1. The van der Waals surface area contributed by atoms with Crippen molar-refractivity contribution < 1.29 is 0 Å². The smallest absolute Gasteiger partial charge is 0.204 e. The van der Waals surface area contributed by atoms with Crippen molar-refractivity contribution in [2.75, 3.05) is 5.43 Å². The molecule has 4 rings (SSSR count). The third-order valence-corrected chi connectivity index (χ3v) is 5.83. The third kappa shape index (κ3) is 3.10. The highest BCUT2D eigenvalue weighted by molar-refractivity contribution is 7.17. The first-order chi connectivity index (χ1) is 12.3. The Balaban J connectivity index is 1.57. The topological polar surface area (TPSA) is 42.2 Å². The molecule has 6 heteroatoms. The molecule has 4 nitrogen and oxygen atoms in total. The molecule has 3 aromatic heterocycles. The van der Waals surface area contributed by atoms with E-state index in [2.05, 4.69) is 75.8 Å². The van der Waals surface area contributed by atoms with Gasteiger partial charge in [0.25, 0.3) is 0 Å². The molecule has 1 N–H and O–H groups in total. The van der Waals surface area contributed by atoms with E-state index >= 15 is 0 Å². The lowest BCUT2D eigenvalue weighted by atomic mass is 10.2. The number of anilines is 1. The lowest BCUT2D eigenvalue weighted by Gasteiger charge is -1.97. The fourth-order valence-electron chi connectivity index (χ4n) is 2.88. The largest absolute Gasteiger partial charge is 0.347 e. The summed E-state index contributed by atoms with van der Waals surface area (Å²) in [6.07, 6.45) is 4.01. The van der Waals surface area contributed by atoms with Crippen LogP contribution in [0.2, 0.25) is 0 Å². The lowest BCUT2D eigenvalue weighted by molar-refractivity contribution is 0.797. The van der Waals surface area contributed by atoms with Crippen molar-refractivity contribution in [3.63, 3.8) is 0 Å². The molecule has 0 saturated carbocycles. The standard InChI is InChI=1S/C19H18N4S2/c1-3-23-12-14(15-7-4-5-8-16(15)23)11-20-22-19-21-18(13(2)25-19)17-9-6-10-24-17/h4-12H,3H2,1-2H3,(H,21,22)/b20-11-. The van der Waals surface area contributed by atoms with E-state index in [1.807, 2.05) is 12.3 Å². The Morgan fingerprint density at radius 2 is 2.12 bits per heavy atom. The van der Waals surface area contributed by atoms with Gasteiger partial charge in [-0.1, -0.05) is 24.3 Å². The zero-order valence-corrected chi connectivity index (χ0v) is 15.7. The molecule has 126 valence electrons. The summed E-state index contributed by atoms with van der Waals surface area (Å²) >= 11 is 3.33. The summed E-state index contributed by atoms with van der Waals surface area (Å²) in [5.74, 6) is 0. The van der Waals surface area contributed by atoms with Gasteiger partial charge in [0.1, 0.15) is 0 Å². The molecule has 3 heterocycles. The first kappa shape index (κ1) is 16.1. The van der Waals surface area contributed by atoms with E-state index in [-0.39, 0.29) is 0 Å². The molecule has 0 radical (unpaired) electrons. The Morgan fingerprint density at radius 3 is 2.92 bits per heavy atom. The van der Waals surface area contributed by atoms with E-state index in [0.29, 0.717) is 0 Å². The number of nitrogens with one attached hydrogen (secondary N) is 1. The Bertz CT molecular complexity index is 1030. The molecule has 25 heavy (non-hydrogen) atoms. The van der Waals surface area contributed by atoms with Crippen LogP contribution in [0.15, 0.2) is 53.1 Å². The Morgan fingerprint density at radius 1 is 1.24 bits per heavy atom. The average Bonchev–Trinajstić information content (AvgIpc) is 3.34. The van der Waals surface area contributed by atoms with Crippen molar-refractivity contribution in [3.8, 4) is 10.6 Å². The van der Waals surface area contributed by atoms with Crippen LogP contribution in [0.3, 0.4) is 0 Å². The summed E-state index contributed by atoms with van der Waals surface area (Å²) in [4.78, 5) is 7.05. The summed E-state index contributed by atoms with van der Waals surface area (Å²) in [5, 5.41) is 8.51. The van der Waals surface area contributed by atoms with Crippen molar-refractivity contribution in [2.45, 2.75) is 20.4 Å². The van der Waals surface area contributed by atoms with Crippen LogP contribution in [0.25, 0.3) is 21.5 Å². The van der Waals surface area contributed by atoms with E-state index in [9.17, 15) is 0 Å². The molecule has 0 spiro atoms. The Labute approximate surface area is 154 Å². The van der Waals surface area contributed by atoms with Crippen molar-refractivity contribution >= 4 is 44.9 Å². The van der Waals surface area contributed by atoms with Crippen LogP contribution in [0, 0.1) is 6.92 Å². The minimum atomic E-state index is 0.816. The fraction of sp³-hybridized carbons (Fsp3) is 0.158. The molecule has 0 atom stereocenters. The summed E-state index contributed by atoms with van der Waals surface area (Å²) in [5.41, 5.74) is 6.46. The maximum atomic E-state index is 4.67. The summed E-state index contributed by atoms with van der Waals surface area (Å²) in [6, 6.07) is 12.5. The molecule has 0 aliphatic rings. The molecular weight excluding hydrogens is 348 g/mol. The second kappa shape index (κ2) is 6.82. The van der Waals surface area contributed by atoms with Gasteiger partial charge < -0.3 is 4.57 Å². The van der Waals surface area contributed by atoms with Gasteiger partial charge in [0.2, 0.25) is 5.13 Å². The number of benzene rings is 1. The number of thiazole rings is 1. The maximum absolute atomic E-state index is 4.67. The highest BCUT2D eigenvalue weighted by Crippen LogP contribution is 2.32. The minimum Gasteiger partial charge on any atom is -0.347 e. The quantitative estimate of drug-likeness (QED) is 0.369. The summed E-state index contributed by atoms with van der Waals surface area (Å²) < 4.78 is 2.24. The highest BCUT2D eigenvalue weighted by Gasteiger charge is 2.10. The number of para-hydroxylation sites is 1.